The molecule has 0 unspecified atom stereocenters. The molecule has 0 atom stereocenters. The standard InChI is InChI=1S/C35H35BO3/c1-22(2)17-18-26-21-23(3)31(36-38-34(4,5)35(6,7)39-36)33-30(29(26)25-14-9-8-10-15-25)28-20-19-24-13-11-12-16-27(24)32(28)37-33/h8-20H,1,21H2,2-7H3/b18-17-. The van der Waals surface area contributed by atoms with Gasteiger partial charge < -0.3 is 13.7 Å². The van der Waals surface area contributed by atoms with Crippen molar-refractivity contribution in [2.75, 3.05) is 0 Å². The number of hydrogen-bond acceptors (Lipinski definition) is 3. The lowest BCUT2D eigenvalue weighted by Gasteiger charge is -2.32. The predicted octanol–water partition coefficient (Wildman–Crippen LogP) is 9.33. The normalized spacial score (nSPS) is 18.9. The van der Waals surface area contributed by atoms with Crippen LogP contribution in [-0.2, 0) is 9.31 Å². The van der Waals surface area contributed by atoms with Gasteiger partial charge in [-0.3, -0.25) is 0 Å². The summed E-state index contributed by atoms with van der Waals surface area (Å²) in [5, 5.41) is 3.34. The van der Waals surface area contributed by atoms with Crippen LogP contribution in [0.5, 0.6) is 0 Å². The van der Waals surface area contributed by atoms with Crippen LogP contribution in [0.15, 0.2) is 107 Å². The minimum absolute atomic E-state index is 0.464. The second kappa shape index (κ2) is 9.26. The van der Waals surface area contributed by atoms with Crippen LogP contribution in [0, 0.1) is 0 Å². The molecular weight excluding hydrogens is 479 g/mol. The fourth-order valence-electron chi connectivity index (χ4n) is 5.68. The Morgan fingerprint density at radius 2 is 1.54 bits per heavy atom. The van der Waals surface area contributed by atoms with Crippen molar-refractivity contribution in [2.24, 2.45) is 0 Å². The lowest BCUT2D eigenvalue weighted by atomic mass is 9.72. The highest BCUT2D eigenvalue weighted by Gasteiger charge is 2.54. The first-order valence-electron chi connectivity index (χ1n) is 13.7. The average molecular weight is 514 g/mol. The molecule has 196 valence electrons. The monoisotopic (exact) mass is 514 g/mol. The Morgan fingerprint density at radius 3 is 2.23 bits per heavy atom. The second-order valence-corrected chi connectivity index (χ2v) is 11.9. The maximum atomic E-state index is 6.95. The molecule has 1 aliphatic carbocycles. The molecule has 2 heterocycles. The van der Waals surface area contributed by atoms with Gasteiger partial charge in [0.2, 0.25) is 0 Å². The number of fused-ring (bicyclic) bond motifs is 5. The Morgan fingerprint density at radius 1 is 0.872 bits per heavy atom. The maximum absolute atomic E-state index is 6.95. The fraction of sp³-hybridized carbons (Fsp3) is 0.257. The molecule has 0 N–H and O–H groups in total. The first-order valence-corrected chi connectivity index (χ1v) is 13.7. The maximum Gasteiger partial charge on any atom is 0.498 e. The van der Waals surface area contributed by atoms with Gasteiger partial charge in [0.15, 0.2) is 0 Å². The summed E-state index contributed by atoms with van der Waals surface area (Å²) in [5.41, 5.74) is 7.75. The summed E-state index contributed by atoms with van der Waals surface area (Å²) in [7, 11) is -0.540. The van der Waals surface area contributed by atoms with Crippen molar-refractivity contribution in [3.8, 4) is 0 Å². The zero-order chi connectivity index (χ0) is 27.5. The zero-order valence-corrected chi connectivity index (χ0v) is 23.7. The smallest absolute Gasteiger partial charge is 0.456 e. The number of rotatable bonds is 4. The van der Waals surface area contributed by atoms with E-state index in [0.717, 1.165) is 56.1 Å². The molecule has 1 fully saturated rings. The summed E-state index contributed by atoms with van der Waals surface area (Å²) in [6, 6.07) is 23.4. The van der Waals surface area contributed by atoms with Gasteiger partial charge in [0.25, 0.3) is 0 Å². The van der Waals surface area contributed by atoms with Crippen LogP contribution in [0.3, 0.4) is 0 Å². The SMILES string of the molecule is C=C(C)/C=C\C1=C(c2ccccc2)c2c(oc3c2ccc2ccccc23)C(B2OC(C)(C)C(C)(C)O2)=C(C)C1. The average Bonchev–Trinajstić information content (AvgIpc) is 3.32. The third-order valence-corrected chi connectivity index (χ3v) is 8.43. The van der Waals surface area contributed by atoms with E-state index in [1.54, 1.807) is 0 Å². The Kier molecular flexibility index (Phi) is 6.09. The van der Waals surface area contributed by atoms with Crippen molar-refractivity contribution in [2.45, 2.75) is 59.2 Å². The molecule has 0 spiro atoms. The van der Waals surface area contributed by atoms with Gasteiger partial charge in [0.05, 0.1) is 11.2 Å². The predicted molar refractivity (Wildman–Crippen MR) is 163 cm³/mol. The van der Waals surface area contributed by atoms with Crippen molar-refractivity contribution >= 4 is 39.9 Å². The summed E-state index contributed by atoms with van der Waals surface area (Å²) >= 11 is 0. The van der Waals surface area contributed by atoms with E-state index in [2.05, 4.69) is 120 Å². The van der Waals surface area contributed by atoms with Gasteiger partial charge in [-0.15, -0.1) is 0 Å². The third-order valence-electron chi connectivity index (χ3n) is 8.43. The Labute approximate surface area is 231 Å². The molecule has 6 rings (SSSR count). The van der Waals surface area contributed by atoms with Crippen molar-refractivity contribution in [3.63, 3.8) is 0 Å². The van der Waals surface area contributed by atoms with Gasteiger partial charge in [-0.05, 0) is 76.1 Å². The Hall–Kier alpha value is -3.60. The summed E-state index contributed by atoms with van der Waals surface area (Å²) in [5.74, 6) is 0.829. The lowest BCUT2D eigenvalue weighted by Crippen LogP contribution is -2.41. The quantitative estimate of drug-likeness (QED) is 0.201. The minimum atomic E-state index is -0.540. The number of hydrogen-bond donors (Lipinski definition) is 0. The van der Waals surface area contributed by atoms with Gasteiger partial charge in [-0.2, -0.15) is 0 Å². The molecule has 4 aromatic rings. The van der Waals surface area contributed by atoms with E-state index in [1.165, 1.54) is 16.7 Å². The van der Waals surface area contributed by atoms with Crippen LogP contribution in [-0.4, -0.2) is 18.3 Å². The molecule has 4 heteroatoms. The molecule has 0 radical (unpaired) electrons. The molecule has 0 amide bonds. The number of benzene rings is 3. The molecule has 3 nitrogen and oxygen atoms in total. The number of furan rings is 1. The van der Waals surface area contributed by atoms with E-state index >= 15 is 0 Å². The van der Waals surface area contributed by atoms with Gasteiger partial charge >= 0.3 is 7.12 Å². The lowest BCUT2D eigenvalue weighted by molar-refractivity contribution is 0.00578. The molecule has 2 aliphatic rings. The largest absolute Gasteiger partial charge is 0.498 e. The van der Waals surface area contributed by atoms with Crippen molar-refractivity contribution < 1.29 is 13.7 Å². The van der Waals surface area contributed by atoms with Crippen molar-refractivity contribution in [1.82, 2.24) is 0 Å². The summed E-state index contributed by atoms with van der Waals surface area (Å²) < 4.78 is 20.3. The zero-order valence-electron chi connectivity index (χ0n) is 23.7. The molecule has 1 aromatic heterocycles. The molecule has 0 bridgehead atoms. The van der Waals surface area contributed by atoms with Crippen LogP contribution in [0.4, 0.5) is 0 Å². The first-order chi connectivity index (χ1) is 18.6. The summed E-state index contributed by atoms with van der Waals surface area (Å²) in [4.78, 5) is 0. The molecule has 0 saturated carbocycles. The molecule has 1 aliphatic heterocycles. The van der Waals surface area contributed by atoms with Crippen molar-refractivity contribution in [3.05, 3.63) is 119 Å². The fourth-order valence-corrected chi connectivity index (χ4v) is 5.68. The van der Waals surface area contributed by atoms with Gasteiger partial charge in [0.1, 0.15) is 11.3 Å². The van der Waals surface area contributed by atoms with Crippen LogP contribution < -0.4 is 0 Å². The first kappa shape index (κ1) is 25.7. The molecule has 1 saturated heterocycles. The van der Waals surface area contributed by atoms with E-state index in [9.17, 15) is 0 Å². The van der Waals surface area contributed by atoms with Crippen LogP contribution >= 0.6 is 0 Å². The molecule has 39 heavy (non-hydrogen) atoms. The Balaban J connectivity index is 1.72. The van der Waals surface area contributed by atoms with Gasteiger partial charge in [0, 0.05) is 21.8 Å². The van der Waals surface area contributed by atoms with Crippen LogP contribution in [0.1, 0.15) is 64.9 Å². The van der Waals surface area contributed by atoms with E-state index in [4.69, 9.17) is 13.7 Å². The molecule has 3 aromatic carbocycles. The molecular formula is C35H35BO3. The summed E-state index contributed by atoms with van der Waals surface area (Å²) in [6.45, 7) is 16.7. The Bertz CT molecular complexity index is 1700. The second-order valence-electron chi connectivity index (χ2n) is 11.9. The van der Waals surface area contributed by atoms with Crippen molar-refractivity contribution in [1.29, 1.82) is 0 Å². The van der Waals surface area contributed by atoms with Crippen LogP contribution in [0.2, 0.25) is 0 Å². The highest BCUT2D eigenvalue weighted by molar-refractivity contribution is 6.69. The van der Waals surface area contributed by atoms with Gasteiger partial charge in [-0.25, -0.2) is 0 Å². The van der Waals surface area contributed by atoms with E-state index in [-0.39, 0.29) is 0 Å². The van der Waals surface area contributed by atoms with E-state index in [0.29, 0.717) is 0 Å². The van der Waals surface area contributed by atoms with E-state index < -0.39 is 18.3 Å². The van der Waals surface area contributed by atoms with E-state index in [1.807, 2.05) is 6.92 Å². The minimum Gasteiger partial charge on any atom is -0.456 e. The van der Waals surface area contributed by atoms with Crippen LogP contribution in [0.25, 0.3) is 32.8 Å². The highest BCUT2D eigenvalue weighted by Crippen LogP contribution is 2.50. The van der Waals surface area contributed by atoms with Gasteiger partial charge in [-0.1, -0.05) is 90.5 Å². The third kappa shape index (κ3) is 4.23. The summed E-state index contributed by atoms with van der Waals surface area (Å²) in [6.07, 6.45) is 5.06. The number of allylic oxidation sites excluding steroid dienone is 5. The highest BCUT2D eigenvalue weighted by atomic mass is 16.7. The topological polar surface area (TPSA) is 31.6 Å².